The summed E-state index contributed by atoms with van der Waals surface area (Å²) in [5, 5.41) is 32.9. The first-order chi connectivity index (χ1) is 26.3. The zero-order valence-electron chi connectivity index (χ0n) is 33.0. The monoisotopic (exact) mass is 754 g/mol. The lowest BCUT2D eigenvalue weighted by molar-refractivity contribution is -0.436. The molecule has 8 heteroatoms. The molecule has 1 saturated heterocycles. The minimum atomic E-state index is -0.820. The van der Waals surface area contributed by atoms with Crippen LogP contribution in [0.2, 0.25) is 0 Å². The molecule has 54 heavy (non-hydrogen) atoms. The maximum Gasteiger partial charge on any atom is 0.309 e. The van der Waals surface area contributed by atoms with E-state index in [1.54, 1.807) is 11.8 Å². The fraction of sp³-hybridized carbons (Fsp3) is 0.565. The van der Waals surface area contributed by atoms with Crippen molar-refractivity contribution < 1.29 is 24.4 Å². The highest BCUT2D eigenvalue weighted by molar-refractivity contribution is 8.03. The molecular weight excluding hydrogens is 691 g/mol. The van der Waals surface area contributed by atoms with Crippen molar-refractivity contribution in [3.8, 4) is 6.07 Å². The Hall–Kier alpha value is -3.83. The molecule has 0 radical (unpaired) electrons. The molecule has 0 amide bonds. The van der Waals surface area contributed by atoms with Crippen LogP contribution in [0.1, 0.15) is 141 Å². The molecular formula is C46H64N3O4S+. The Kier molecular flexibility index (Phi) is 18.4. The van der Waals surface area contributed by atoms with Crippen molar-refractivity contribution in [1.82, 2.24) is 4.90 Å². The molecule has 1 fully saturated rings. The van der Waals surface area contributed by atoms with Gasteiger partial charge in [-0.2, -0.15) is 9.84 Å². The van der Waals surface area contributed by atoms with E-state index in [-0.39, 0.29) is 18.3 Å². The largest absolute Gasteiger partial charge is 0.481 e. The van der Waals surface area contributed by atoms with Crippen LogP contribution in [0.15, 0.2) is 71.3 Å². The molecule has 0 bridgehead atoms. The standard InChI is InChI=1S/C46H63N3O4S/c1-3-5-7-9-11-13-15-19-31-46(30-18-14-12-10-8-6-4-2)41(26-22-37(36-47)23-27-42-48(34-35-54-42)32-28-43(50)51)49(33-29-44(52)53)40-25-24-38-20-16-17-21-39(38)45(40)46/h16-17,20-27H,3-15,18-19,28-35H2,1-2H3,(H-,50,51,52,53)/p+1. The number of hydrogen-bond acceptors (Lipinski definition) is 5. The first kappa shape index (κ1) is 42.9. The molecule has 2 aliphatic rings. The first-order valence-corrected chi connectivity index (χ1v) is 21.8. The molecule has 1 atom stereocenters. The van der Waals surface area contributed by atoms with Gasteiger partial charge in [0.1, 0.15) is 6.42 Å². The van der Waals surface area contributed by atoms with Crippen LogP contribution in [0.5, 0.6) is 0 Å². The number of thioether (sulfide) groups is 1. The normalized spacial score (nSPS) is 18.0. The Morgan fingerprint density at radius 3 is 2.07 bits per heavy atom. The summed E-state index contributed by atoms with van der Waals surface area (Å²) in [6.07, 6.45) is 28.3. The molecule has 4 rings (SSSR count). The zero-order valence-corrected chi connectivity index (χ0v) is 33.8. The molecule has 2 aromatic carbocycles. The number of aliphatic carboxylic acids is 2. The molecule has 0 spiro atoms. The number of nitrogens with zero attached hydrogens (tertiary/aromatic N) is 3. The number of carbonyl (C=O) groups is 2. The lowest BCUT2D eigenvalue weighted by atomic mass is 9.68. The lowest BCUT2D eigenvalue weighted by Crippen LogP contribution is -2.35. The molecule has 2 N–H and O–H groups in total. The van der Waals surface area contributed by atoms with Gasteiger partial charge in [0.25, 0.3) is 0 Å². The van der Waals surface area contributed by atoms with Gasteiger partial charge in [0.05, 0.1) is 28.5 Å². The summed E-state index contributed by atoms with van der Waals surface area (Å²) in [4.78, 5) is 25.4. The summed E-state index contributed by atoms with van der Waals surface area (Å²) >= 11 is 1.68. The molecule has 2 heterocycles. The molecule has 2 aliphatic heterocycles. The number of carboxylic acid groups (broad SMARTS) is 2. The highest BCUT2D eigenvalue weighted by Gasteiger charge is 2.51. The van der Waals surface area contributed by atoms with E-state index in [0.717, 1.165) is 54.4 Å². The minimum absolute atomic E-state index is 0.0192. The Balaban J connectivity index is 1.77. The van der Waals surface area contributed by atoms with Crippen molar-refractivity contribution in [2.24, 2.45) is 0 Å². The molecule has 7 nitrogen and oxygen atoms in total. The van der Waals surface area contributed by atoms with E-state index < -0.39 is 11.9 Å². The van der Waals surface area contributed by atoms with Crippen LogP contribution in [0.3, 0.4) is 0 Å². The smallest absolute Gasteiger partial charge is 0.309 e. The highest BCUT2D eigenvalue weighted by Crippen LogP contribution is 2.50. The third-order valence-corrected chi connectivity index (χ3v) is 12.2. The number of allylic oxidation sites excluding steroid dienone is 5. The molecule has 0 aromatic heterocycles. The minimum Gasteiger partial charge on any atom is -0.481 e. The molecule has 292 valence electrons. The van der Waals surface area contributed by atoms with E-state index in [1.165, 1.54) is 99.8 Å². The number of nitriles is 1. The van der Waals surface area contributed by atoms with Crippen LogP contribution in [-0.4, -0.2) is 62.7 Å². The predicted molar refractivity (Wildman–Crippen MR) is 225 cm³/mol. The van der Waals surface area contributed by atoms with Crippen molar-refractivity contribution in [1.29, 1.82) is 5.26 Å². The van der Waals surface area contributed by atoms with Gasteiger partial charge in [0.2, 0.25) is 5.69 Å². The van der Waals surface area contributed by atoms with Gasteiger partial charge in [-0.15, -0.1) is 11.8 Å². The number of rotatable bonds is 26. The van der Waals surface area contributed by atoms with Gasteiger partial charge in [0.15, 0.2) is 12.3 Å². The third kappa shape index (κ3) is 12.3. The van der Waals surface area contributed by atoms with Gasteiger partial charge in [-0.1, -0.05) is 134 Å². The van der Waals surface area contributed by atoms with Gasteiger partial charge >= 0.3 is 11.9 Å². The summed E-state index contributed by atoms with van der Waals surface area (Å²) in [5.74, 6) is -0.747. The number of fused-ring (bicyclic) bond motifs is 3. The van der Waals surface area contributed by atoms with Gasteiger partial charge < -0.3 is 15.1 Å². The summed E-state index contributed by atoms with van der Waals surface area (Å²) in [7, 11) is 0. The van der Waals surface area contributed by atoms with Crippen molar-refractivity contribution in [2.75, 3.05) is 25.4 Å². The van der Waals surface area contributed by atoms with Crippen LogP contribution < -0.4 is 0 Å². The fourth-order valence-electron chi connectivity index (χ4n) is 8.31. The van der Waals surface area contributed by atoms with E-state index in [4.69, 9.17) is 0 Å². The fourth-order valence-corrected chi connectivity index (χ4v) is 9.36. The van der Waals surface area contributed by atoms with Gasteiger partial charge in [-0.3, -0.25) is 9.59 Å². The maximum absolute atomic E-state index is 12.1. The van der Waals surface area contributed by atoms with Crippen LogP contribution in [0.25, 0.3) is 10.8 Å². The van der Waals surface area contributed by atoms with Crippen molar-refractivity contribution in [3.63, 3.8) is 0 Å². The average molecular weight is 755 g/mol. The first-order valence-electron chi connectivity index (χ1n) is 20.8. The number of carboxylic acids is 2. The van der Waals surface area contributed by atoms with E-state index in [1.807, 2.05) is 18.2 Å². The van der Waals surface area contributed by atoms with Gasteiger partial charge in [0, 0.05) is 36.5 Å². The highest BCUT2D eigenvalue weighted by atomic mass is 32.2. The van der Waals surface area contributed by atoms with E-state index in [2.05, 4.69) is 71.9 Å². The average Bonchev–Trinajstić information content (AvgIpc) is 3.73. The number of hydrogen-bond donors (Lipinski definition) is 2. The van der Waals surface area contributed by atoms with Crippen molar-refractivity contribution in [2.45, 2.75) is 141 Å². The van der Waals surface area contributed by atoms with E-state index in [9.17, 15) is 25.1 Å². The Morgan fingerprint density at radius 1 is 0.852 bits per heavy atom. The topological polar surface area (TPSA) is 105 Å². The SMILES string of the molecule is CCCCCCCCCCC1(CCCCCCCCC)C(/C=C/C(C#N)=C/C=C2\SCCN2CCC(=O)O)=[N+](CCC(=O)O)c2ccc3ccccc3c21. The Labute approximate surface area is 328 Å². The Bertz CT molecular complexity index is 1700. The third-order valence-electron chi connectivity index (χ3n) is 11.1. The summed E-state index contributed by atoms with van der Waals surface area (Å²) in [6, 6.07) is 15.4. The number of unbranched alkanes of at least 4 members (excludes halogenated alkanes) is 13. The van der Waals surface area contributed by atoms with Crippen LogP contribution in [-0.2, 0) is 15.0 Å². The van der Waals surface area contributed by atoms with E-state index >= 15 is 0 Å². The maximum atomic E-state index is 12.1. The zero-order chi connectivity index (χ0) is 38.6. The van der Waals surface area contributed by atoms with Gasteiger partial charge in [-0.25, -0.2) is 0 Å². The quantitative estimate of drug-likeness (QED) is 0.0426. The Morgan fingerprint density at radius 2 is 1.46 bits per heavy atom. The molecule has 0 aliphatic carbocycles. The van der Waals surface area contributed by atoms with Crippen LogP contribution in [0, 0.1) is 11.3 Å². The molecule has 0 saturated carbocycles. The molecule has 1 unspecified atom stereocenters. The van der Waals surface area contributed by atoms with Gasteiger partial charge in [-0.05, 0) is 47.9 Å². The summed E-state index contributed by atoms with van der Waals surface area (Å²) < 4.78 is 2.26. The van der Waals surface area contributed by atoms with Crippen LogP contribution in [0.4, 0.5) is 5.69 Å². The number of benzene rings is 2. The predicted octanol–water partition coefficient (Wildman–Crippen LogP) is 11.7. The summed E-state index contributed by atoms with van der Waals surface area (Å²) in [6.45, 7) is 6.11. The summed E-state index contributed by atoms with van der Waals surface area (Å²) in [5.41, 5.74) is 3.72. The van der Waals surface area contributed by atoms with E-state index in [0.29, 0.717) is 18.7 Å². The van der Waals surface area contributed by atoms with Crippen LogP contribution >= 0.6 is 11.8 Å². The second kappa shape index (κ2) is 23.2. The molecule has 2 aromatic rings. The second-order valence-corrected chi connectivity index (χ2v) is 16.2. The lowest BCUT2D eigenvalue weighted by Gasteiger charge is -2.29. The van der Waals surface area contributed by atoms with Crippen molar-refractivity contribution >= 4 is 45.9 Å². The van der Waals surface area contributed by atoms with Crippen molar-refractivity contribution in [3.05, 3.63) is 76.9 Å². The second-order valence-electron chi connectivity index (χ2n) is 15.1.